The van der Waals surface area contributed by atoms with E-state index in [1.165, 1.54) is 51.6 Å². The fraction of sp³-hybridized carbons (Fsp3) is 1.00. The maximum absolute atomic E-state index is 3.52. The number of rotatable bonds is 3. The van der Waals surface area contributed by atoms with E-state index in [-0.39, 0.29) is 0 Å². The normalized spacial score (nSPS) is 31.0. The Kier molecular flexibility index (Phi) is 4.04. The summed E-state index contributed by atoms with van der Waals surface area (Å²) in [5, 5.41) is 3.52. The van der Waals surface area contributed by atoms with Gasteiger partial charge in [0.25, 0.3) is 0 Å². The van der Waals surface area contributed by atoms with Gasteiger partial charge in [-0.3, -0.25) is 0 Å². The molecule has 1 aliphatic carbocycles. The van der Waals surface area contributed by atoms with Crippen LogP contribution in [-0.2, 0) is 0 Å². The Morgan fingerprint density at radius 3 is 2.27 bits per heavy atom. The van der Waals surface area contributed by atoms with E-state index in [9.17, 15) is 0 Å². The molecule has 1 heterocycles. The molecule has 1 aliphatic heterocycles. The molecule has 2 nitrogen and oxygen atoms in total. The lowest BCUT2D eigenvalue weighted by atomic mass is 9.78. The van der Waals surface area contributed by atoms with Crippen LogP contribution in [0.25, 0.3) is 0 Å². The van der Waals surface area contributed by atoms with Gasteiger partial charge in [0.05, 0.1) is 0 Å². The minimum absolute atomic E-state index is 0.834. The Labute approximate surface area is 94.4 Å². The largest absolute Gasteiger partial charge is 0.316 e. The number of hydrogen-bond acceptors (Lipinski definition) is 2. The maximum Gasteiger partial charge on any atom is 0.0158 e. The molecule has 2 atom stereocenters. The van der Waals surface area contributed by atoms with Crippen molar-refractivity contribution in [2.45, 2.75) is 44.6 Å². The van der Waals surface area contributed by atoms with Gasteiger partial charge in [-0.1, -0.05) is 19.3 Å². The summed E-state index contributed by atoms with van der Waals surface area (Å²) in [7, 11) is 4.55. The maximum atomic E-state index is 3.52. The van der Waals surface area contributed by atoms with Gasteiger partial charge in [-0.2, -0.15) is 0 Å². The summed E-state index contributed by atoms with van der Waals surface area (Å²) in [5.74, 6) is 1.88. The predicted molar refractivity (Wildman–Crippen MR) is 65.0 cm³/mol. The van der Waals surface area contributed by atoms with Gasteiger partial charge in [0, 0.05) is 6.04 Å². The fourth-order valence-corrected chi connectivity index (χ4v) is 3.67. The van der Waals surface area contributed by atoms with E-state index >= 15 is 0 Å². The van der Waals surface area contributed by atoms with Gasteiger partial charge in [0.15, 0.2) is 0 Å². The molecule has 2 fully saturated rings. The highest BCUT2D eigenvalue weighted by atomic mass is 15.1. The molecule has 0 radical (unpaired) electrons. The van der Waals surface area contributed by atoms with Crippen LogP contribution in [0.5, 0.6) is 0 Å². The van der Waals surface area contributed by atoms with Crippen molar-refractivity contribution >= 4 is 0 Å². The quantitative estimate of drug-likeness (QED) is 0.767. The molecule has 2 unspecified atom stereocenters. The Hall–Kier alpha value is -0.0800. The Morgan fingerprint density at radius 2 is 1.73 bits per heavy atom. The number of nitrogens with zero attached hydrogens (tertiary/aromatic N) is 1. The molecule has 1 saturated carbocycles. The van der Waals surface area contributed by atoms with Gasteiger partial charge in [-0.25, -0.2) is 0 Å². The smallest absolute Gasteiger partial charge is 0.0158 e. The van der Waals surface area contributed by atoms with Gasteiger partial charge in [-0.05, 0) is 58.3 Å². The molecule has 1 N–H and O–H groups in total. The van der Waals surface area contributed by atoms with Crippen molar-refractivity contribution in [3.05, 3.63) is 0 Å². The zero-order valence-corrected chi connectivity index (χ0v) is 10.3. The van der Waals surface area contributed by atoms with Crippen LogP contribution >= 0.6 is 0 Å². The molecule has 2 aliphatic rings. The third kappa shape index (κ3) is 2.73. The molecule has 88 valence electrons. The van der Waals surface area contributed by atoms with Gasteiger partial charge in [0.1, 0.15) is 0 Å². The predicted octanol–water partition coefficient (Wildman–Crippen LogP) is 2.11. The highest BCUT2D eigenvalue weighted by molar-refractivity contribution is 4.88. The first-order chi connectivity index (χ1) is 7.29. The lowest BCUT2D eigenvalue weighted by Crippen LogP contribution is -2.43. The van der Waals surface area contributed by atoms with Crippen molar-refractivity contribution < 1.29 is 0 Å². The highest BCUT2D eigenvalue weighted by Gasteiger charge is 2.33. The number of hydrogen-bond donors (Lipinski definition) is 1. The topological polar surface area (TPSA) is 15.3 Å². The van der Waals surface area contributed by atoms with Crippen molar-refractivity contribution in [3.63, 3.8) is 0 Å². The first-order valence-electron chi connectivity index (χ1n) is 6.66. The standard InChI is InChI=1S/C13H26N2/c1-15(2)13(12-8-9-14-10-12)11-6-4-3-5-7-11/h11-14H,3-10H2,1-2H3. The minimum atomic E-state index is 0.834. The second kappa shape index (κ2) is 5.31. The van der Waals surface area contributed by atoms with E-state index in [2.05, 4.69) is 24.3 Å². The molecular formula is C13H26N2. The number of nitrogens with one attached hydrogen (secondary N) is 1. The lowest BCUT2D eigenvalue weighted by molar-refractivity contribution is 0.120. The molecular weight excluding hydrogens is 184 g/mol. The molecule has 0 amide bonds. The summed E-state index contributed by atoms with van der Waals surface area (Å²) >= 11 is 0. The molecule has 1 saturated heterocycles. The molecule has 0 aromatic heterocycles. The van der Waals surface area contributed by atoms with Crippen LogP contribution in [0, 0.1) is 11.8 Å². The van der Waals surface area contributed by atoms with Crippen LogP contribution in [-0.4, -0.2) is 38.1 Å². The molecule has 2 heteroatoms. The van der Waals surface area contributed by atoms with Gasteiger partial charge in [-0.15, -0.1) is 0 Å². The zero-order chi connectivity index (χ0) is 10.7. The van der Waals surface area contributed by atoms with Crippen molar-refractivity contribution in [1.29, 1.82) is 0 Å². The van der Waals surface area contributed by atoms with Crippen LogP contribution in [0.3, 0.4) is 0 Å². The summed E-state index contributed by atoms with van der Waals surface area (Å²) in [4.78, 5) is 2.49. The first-order valence-corrected chi connectivity index (χ1v) is 6.66. The molecule has 0 aromatic carbocycles. The van der Waals surface area contributed by atoms with Crippen molar-refractivity contribution in [1.82, 2.24) is 10.2 Å². The summed E-state index contributed by atoms with van der Waals surface area (Å²) < 4.78 is 0. The zero-order valence-electron chi connectivity index (χ0n) is 10.3. The highest BCUT2D eigenvalue weighted by Crippen LogP contribution is 2.33. The average Bonchev–Trinajstić information content (AvgIpc) is 2.72. The van der Waals surface area contributed by atoms with Crippen molar-refractivity contribution in [3.8, 4) is 0 Å². The van der Waals surface area contributed by atoms with E-state index < -0.39 is 0 Å². The Bertz CT molecular complexity index is 179. The monoisotopic (exact) mass is 210 g/mol. The van der Waals surface area contributed by atoms with Crippen LogP contribution < -0.4 is 5.32 Å². The minimum Gasteiger partial charge on any atom is -0.316 e. The third-order valence-corrected chi connectivity index (χ3v) is 4.31. The molecule has 15 heavy (non-hydrogen) atoms. The lowest BCUT2D eigenvalue weighted by Gasteiger charge is -2.38. The average molecular weight is 210 g/mol. The van der Waals surface area contributed by atoms with Gasteiger partial charge < -0.3 is 10.2 Å². The third-order valence-electron chi connectivity index (χ3n) is 4.31. The van der Waals surface area contributed by atoms with Gasteiger partial charge in [0.2, 0.25) is 0 Å². The Balaban J connectivity index is 1.97. The van der Waals surface area contributed by atoms with E-state index in [0.717, 1.165) is 17.9 Å². The molecule has 0 bridgehead atoms. The summed E-state index contributed by atoms with van der Waals surface area (Å²) in [6, 6.07) is 0.834. The first kappa shape index (κ1) is 11.4. The summed E-state index contributed by atoms with van der Waals surface area (Å²) in [6.45, 7) is 2.49. The van der Waals surface area contributed by atoms with E-state index in [0.29, 0.717) is 0 Å². The van der Waals surface area contributed by atoms with Crippen LogP contribution in [0.15, 0.2) is 0 Å². The van der Waals surface area contributed by atoms with Crippen LogP contribution in [0.1, 0.15) is 38.5 Å². The molecule has 2 rings (SSSR count). The van der Waals surface area contributed by atoms with Crippen LogP contribution in [0.2, 0.25) is 0 Å². The molecule has 0 spiro atoms. The van der Waals surface area contributed by atoms with Crippen molar-refractivity contribution in [2.24, 2.45) is 11.8 Å². The fourth-order valence-electron chi connectivity index (χ4n) is 3.67. The van der Waals surface area contributed by atoms with Crippen molar-refractivity contribution in [2.75, 3.05) is 27.2 Å². The Morgan fingerprint density at radius 1 is 1.00 bits per heavy atom. The van der Waals surface area contributed by atoms with E-state index in [1.54, 1.807) is 0 Å². The summed E-state index contributed by atoms with van der Waals surface area (Å²) in [6.07, 6.45) is 8.74. The van der Waals surface area contributed by atoms with E-state index in [4.69, 9.17) is 0 Å². The second-order valence-corrected chi connectivity index (χ2v) is 5.61. The second-order valence-electron chi connectivity index (χ2n) is 5.61. The SMILES string of the molecule is CN(C)C(C1CCCCC1)C1CCNC1. The molecule has 0 aromatic rings. The summed E-state index contributed by atoms with van der Waals surface area (Å²) in [5.41, 5.74) is 0. The van der Waals surface area contributed by atoms with Gasteiger partial charge >= 0.3 is 0 Å². The van der Waals surface area contributed by atoms with Crippen LogP contribution in [0.4, 0.5) is 0 Å². The van der Waals surface area contributed by atoms with E-state index in [1.807, 2.05) is 0 Å².